The Hall–Kier alpha value is -2.79. The van der Waals surface area contributed by atoms with Crippen molar-refractivity contribution in [3.8, 4) is 0 Å². The molecular weight excluding hydrogens is 598 g/mol. The number of aryl methyl sites for hydroxylation is 1. The van der Waals surface area contributed by atoms with Gasteiger partial charge in [0, 0.05) is 19.1 Å². The van der Waals surface area contributed by atoms with Crippen LogP contribution in [0.3, 0.4) is 0 Å². The average Bonchev–Trinajstić information content (AvgIpc) is 2.94. The number of carboxylic acids is 1. The van der Waals surface area contributed by atoms with Crippen molar-refractivity contribution in [2.24, 2.45) is 5.92 Å². The number of aliphatic carboxylic acids is 1. The van der Waals surface area contributed by atoms with Gasteiger partial charge in [-0.1, -0.05) is 75.4 Å². The Bertz CT molecular complexity index is 1330. The molecule has 0 spiro atoms. The Morgan fingerprint density at radius 2 is 1.72 bits per heavy atom. The molecule has 13 heteroatoms. The van der Waals surface area contributed by atoms with Gasteiger partial charge in [0.25, 0.3) is 0 Å². The lowest BCUT2D eigenvalue weighted by atomic mass is 9.99. The Morgan fingerprint density at radius 1 is 1.05 bits per heavy atom. The first-order valence-electron chi connectivity index (χ1n) is 14.5. The lowest BCUT2D eigenvalue weighted by molar-refractivity contribution is -0.138. The predicted molar refractivity (Wildman–Crippen MR) is 164 cm³/mol. The SMILES string of the molecule is CCCC(F)OC(=O)NCc1cccc(C(CP(=O)(OCC)C(NS(=O)(=O)CCCc2ccccc2)C(C)C)C(=O)O)c1. The van der Waals surface area contributed by atoms with E-state index < -0.39 is 59.6 Å². The lowest BCUT2D eigenvalue weighted by Gasteiger charge is -2.32. The van der Waals surface area contributed by atoms with Crippen LogP contribution in [0.5, 0.6) is 0 Å². The van der Waals surface area contributed by atoms with Gasteiger partial charge in [0.15, 0.2) is 0 Å². The molecule has 3 N–H and O–H groups in total. The van der Waals surface area contributed by atoms with Crippen LogP contribution in [0.1, 0.15) is 69.6 Å². The summed E-state index contributed by atoms with van der Waals surface area (Å²) < 4.78 is 67.0. The van der Waals surface area contributed by atoms with Crippen molar-refractivity contribution in [1.82, 2.24) is 10.0 Å². The standard InChI is InChI=1S/C30H44FN2O8PS/c1-5-12-27(31)41-30(36)32-20-24-15-10-17-25(19-24)26(29(34)35)21-42(37,40-6-2)28(22(3)4)33-43(38,39)18-11-16-23-13-8-7-9-14-23/h7-10,13-15,17,19,22,26-28,33H,5-6,11-12,16,18,20-21H2,1-4H3,(H,32,36)(H,34,35). The number of alkyl halides is 1. The number of carbonyl (C=O) groups excluding carboxylic acids is 1. The third-order valence-corrected chi connectivity index (χ3v) is 11.5. The summed E-state index contributed by atoms with van der Waals surface area (Å²) in [6.07, 6.45) is -1.65. The van der Waals surface area contributed by atoms with Crippen LogP contribution < -0.4 is 10.0 Å². The van der Waals surface area contributed by atoms with Crippen molar-refractivity contribution in [1.29, 1.82) is 0 Å². The highest BCUT2D eigenvalue weighted by atomic mass is 32.2. The van der Waals surface area contributed by atoms with E-state index >= 15 is 0 Å². The van der Waals surface area contributed by atoms with E-state index in [1.807, 2.05) is 30.3 Å². The minimum Gasteiger partial charge on any atom is -0.481 e. The summed E-state index contributed by atoms with van der Waals surface area (Å²) in [5.74, 6) is -4.37. The van der Waals surface area contributed by atoms with Crippen molar-refractivity contribution in [3.63, 3.8) is 0 Å². The Labute approximate surface area is 254 Å². The molecule has 0 saturated heterocycles. The average molecular weight is 643 g/mol. The largest absolute Gasteiger partial charge is 0.481 e. The molecule has 2 aromatic carbocycles. The van der Waals surface area contributed by atoms with E-state index in [4.69, 9.17) is 4.52 Å². The monoisotopic (exact) mass is 642 g/mol. The number of benzene rings is 2. The fourth-order valence-electron chi connectivity index (χ4n) is 4.61. The predicted octanol–water partition coefficient (Wildman–Crippen LogP) is 6.03. The van der Waals surface area contributed by atoms with E-state index in [2.05, 4.69) is 14.8 Å². The first-order valence-corrected chi connectivity index (χ1v) is 18.0. The van der Waals surface area contributed by atoms with Gasteiger partial charge in [0.05, 0.1) is 18.3 Å². The summed E-state index contributed by atoms with van der Waals surface area (Å²) in [7, 11) is -7.80. The third kappa shape index (κ3) is 12.4. The van der Waals surface area contributed by atoms with Crippen molar-refractivity contribution >= 4 is 29.5 Å². The molecule has 0 aromatic heterocycles. The maximum Gasteiger partial charge on any atom is 0.409 e. The summed E-state index contributed by atoms with van der Waals surface area (Å²) in [6, 6.07) is 15.8. The molecule has 4 atom stereocenters. The summed E-state index contributed by atoms with van der Waals surface area (Å²) in [5, 5.41) is 12.6. The number of rotatable bonds is 19. The maximum absolute atomic E-state index is 14.4. The second-order valence-corrected chi connectivity index (χ2v) is 15.1. The Morgan fingerprint density at radius 3 is 2.33 bits per heavy atom. The highest BCUT2D eigenvalue weighted by Crippen LogP contribution is 2.56. The number of ether oxygens (including phenoxy) is 1. The highest BCUT2D eigenvalue weighted by molar-refractivity contribution is 7.89. The summed E-state index contributed by atoms with van der Waals surface area (Å²) >= 11 is 0. The zero-order chi connectivity index (χ0) is 32.0. The van der Waals surface area contributed by atoms with Crippen LogP contribution in [-0.4, -0.2) is 56.2 Å². The first kappa shape index (κ1) is 36.4. The maximum atomic E-state index is 14.4. The number of alkyl carbamates (subject to hydrolysis) is 1. The van der Waals surface area contributed by atoms with Gasteiger partial charge in [-0.25, -0.2) is 22.3 Å². The molecule has 0 aliphatic heterocycles. The van der Waals surface area contributed by atoms with E-state index in [0.717, 1.165) is 5.56 Å². The highest BCUT2D eigenvalue weighted by Gasteiger charge is 2.42. The molecule has 10 nitrogen and oxygen atoms in total. The van der Waals surface area contributed by atoms with Crippen LogP contribution in [0.25, 0.3) is 0 Å². The molecule has 0 fully saturated rings. The molecule has 2 rings (SSSR count). The van der Waals surface area contributed by atoms with Gasteiger partial charge in [-0.15, -0.1) is 0 Å². The number of halogens is 1. The molecule has 4 unspecified atom stereocenters. The fraction of sp³-hybridized carbons (Fsp3) is 0.533. The third-order valence-electron chi connectivity index (χ3n) is 6.70. The summed E-state index contributed by atoms with van der Waals surface area (Å²) in [4.78, 5) is 24.4. The van der Waals surface area contributed by atoms with E-state index in [-0.39, 0.29) is 25.3 Å². The molecule has 240 valence electrons. The Kier molecular flexibility index (Phi) is 14.8. The second-order valence-electron chi connectivity index (χ2n) is 10.6. The molecule has 0 radical (unpaired) electrons. The molecule has 0 saturated carbocycles. The van der Waals surface area contributed by atoms with Crippen molar-refractivity contribution in [2.75, 3.05) is 18.5 Å². The van der Waals surface area contributed by atoms with E-state index in [1.54, 1.807) is 45.9 Å². The van der Waals surface area contributed by atoms with Gasteiger partial charge in [0.2, 0.25) is 23.7 Å². The fourth-order valence-corrected chi connectivity index (χ4v) is 9.73. The summed E-state index contributed by atoms with van der Waals surface area (Å²) in [6.45, 7) is 6.70. The minimum absolute atomic E-state index is 0.0117. The smallest absolute Gasteiger partial charge is 0.409 e. The molecular formula is C30H44FN2O8PS. The van der Waals surface area contributed by atoms with Gasteiger partial charge in [-0.3, -0.25) is 9.36 Å². The van der Waals surface area contributed by atoms with Gasteiger partial charge in [0.1, 0.15) is 5.78 Å². The number of sulfonamides is 1. The van der Waals surface area contributed by atoms with Gasteiger partial charge >= 0.3 is 12.1 Å². The lowest BCUT2D eigenvalue weighted by Crippen LogP contribution is -2.41. The van der Waals surface area contributed by atoms with E-state index in [1.165, 1.54) is 6.07 Å². The van der Waals surface area contributed by atoms with Crippen LogP contribution in [0.2, 0.25) is 0 Å². The van der Waals surface area contributed by atoms with Crippen molar-refractivity contribution < 1.29 is 41.3 Å². The number of carboxylic acid groups (broad SMARTS) is 1. The van der Waals surface area contributed by atoms with E-state index in [0.29, 0.717) is 30.4 Å². The molecule has 1 amide bonds. The van der Waals surface area contributed by atoms with Crippen LogP contribution in [-0.2, 0) is 41.6 Å². The van der Waals surface area contributed by atoms with Crippen molar-refractivity contribution in [2.45, 2.75) is 78.0 Å². The number of hydrogen-bond donors (Lipinski definition) is 3. The second kappa shape index (κ2) is 17.5. The van der Waals surface area contributed by atoms with Crippen LogP contribution in [0.15, 0.2) is 54.6 Å². The quantitative estimate of drug-likeness (QED) is 0.158. The van der Waals surface area contributed by atoms with Gasteiger partial charge in [-0.2, -0.15) is 0 Å². The number of hydrogen-bond acceptors (Lipinski definition) is 7. The van der Waals surface area contributed by atoms with Gasteiger partial charge < -0.3 is 19.7 Å². The van der Waals surface area contributed by atoms with E-state index in [9.17, 15) is 32.1 Å². The van der Waals surface area contributed by atoms with Crippen molar-refractivity contribution in [3.05, 3.63) is 71.3 Å². The minimum atomic E-state index is -3.92. The molecule has 0 aliphatic carbocycles. The zero-order valence-electron chi connectivity index (χ0n) is 25.2. The molecule has 43 heavy (non-hydrogen) atoms. The Balaban J connectivity index is 2.21. The normalized spacial score (nSPS) is 15.3. The molecule has 0 bridgehead atoms. The van der Waals surface area contributed by atoms with Crippen LogP contribution >= 0.6 is 7.37 Å². The number of carbonyl (C=O) groups is 2. The number of nitrogens with one attached hydrogen (secondary N) is 2. The first-order chi connectivity index (χ1) is 20.3. The molecule has 2 aromatic rings. The molecule has 0 aliphatic rings. The summed E-state index contributed by atoms with van der Waals surface area (Å²) in [5.41, 5.74) is 1.81. The topological polar surface area (TPSA) is 148 Å². The number of amides is 1. The molecule has 0 heterocycles. The zero-order valence-corrected chi connectivity index (χ0v) is 26.9. The van der Waals surface area contributed by atoms with Crippen LogP contribution in [0.4, 0.5) is 9.18 Å². The van der Waals surface area contributed by atoms with Gasteiger partial charge in [-0.05, 0) is 48.8 Å². The van der Waals surface area contributed by atoms with Crippen LogP contribution in [0, 0.1) is 5.92 Å².